The van der Waals surface area contributed by atoms with Crippen molar-refractivity contribution in [2.24, 2.45) is 0 Å². The van der Waals surface area contributed by atoms with E-state index in [0.717, 1.165) is 19.6 Å². The molecule has 0 unspecified atom stereocenters. The van der Waals surface area contributed by atoms with Gasteiger partial charge in [0.15, 0.2) is 0 Å². The summed E-state index contributed by atoms with van der Waals surface area (Å²) in [6, 6.07) is 5.19. The number of hydrogen-bond acceptors (Lipinski definition) is 3. The Morgan fingerprint density at radius 2 is 1.95 bits per heavy atom. The summed E-state index contributed by atoms with van der Waals surface area (Å²) in [6.07, 6.45) is 0. The highest BCUT2D eigenvalue weighted by atomic mass is 79.9. The maximum Gasteiger partial charge on any atom is 0.299 e. The molecule has 0 saturated carbocycles. The topological polar surface area (TPSA) is 37.4 Å². The van der Waals surface area contributed by atoms with Crippen LogP contribution in [0.5, 0.6) is 0 Å². The number of benzene rings is 1. The Labute approximate surface area is 124 Å². The second kappa shape index (κ2) is 4.75. The minimum Gasteiger partial charge on any atom is -0.299 e. The molecule has 1 aliphatic rings. The van der Waals surface area contributed by atoms with Crippen LogP contribution in [-0.4, -0.2) is 11.7 Å². The van der Waals surface area contributed by atoms with Gasteiger partial charge in [-0.05, 0) is 34.1 Å². The molecule has 102 valence electrons. The molecule has 0 radical (unpaired) electrons. The van der Waals surface area contributed by atoms with Crippen LogP contribution in [0.2, 0.25) is 0 Å². The predicted octanol–water partition coefficient (Wildman–Crippen LogP) is 3.52. The number of nitrogens with zero attached hydrogens (tertiary/aromatic N) is 1. The first kappa shape index (κ1) is 13.4. The highest BCUT2D eigenvalue weighted by molar-refractivity contribution is 9.11. The lowest BCUT2D eigenvalue weighted by atomic mass is 10.1. The average molecular weight is 358 g/mol. The number of hydrogen-bond donors (Lipinski definition) is 0. The van der Waals surface area contributed by atoms with Crippen LogP contribution in [0.15, 0.2) is 28.1 Å². The van der Waals surface area contributed by atoms with Gasteiger partial charge in [-0.25, -0.2) is 8.78 Å². The van der Waals surface area contributed by atoms with Gasteiger partial charge in [0.2, 0.25) is 0 Å². The maximum absolute atomic E-state index is 13.6. The van der Waals surface area contributed by atoms with Crippen LogP contribution in [0, 0.1) is 11.6 Å². The molecule has 0 saturated heterocycles. The number of rotatable bonds is 2. The number of amides is 1. The summed E-state index contributed by atoms with van der Waals surface area (Å²) in [6.45, 7) is 0.108. The van der Waals surface area contributed by atoms with E-state index in [1.807, 2.05) is 0 Å². The van der Waals surface area contributed by atoms with E-state index >= 15 is 0 Å². The molecule has 1 aliphatic heterocycles. The molecule has 1 amide bonds. The molecule has 0 atom stereocenters. The molecule has 0 spiro atoms. The number of ketones is 1. The van der Waals surface area contributed by atoms with Gasteiger partial charge in [0.25, 0.3) is 11.7 Å². The van der Waals surface area contributed by atoms with E-state index in [-0.39, 0.29) is 17.8 Å². The lowest BCUT2D eigenvalue weighted by molar-refractivity contribution is -0.114. The van der Waals surface area contributed by atoms with Gasteiger partial charge < -0.3 is 0 Å². The number of anilines is 1. The Morgan fingerprint density at radius 1 is 1.20 bits per heavy atom. The van der Waals surface area contributed by atoms with E-state index in [9.17, 15) is 18.4 Å². The third kappa shape index (κ3) is 2.06. The molecule has 0 fully saturated rings. The molecule has 1 aromatic carbocycles. The van der Waals surface area contributed by atoms with Crippen molar-refractivity contribution >= 4 is 44.6 Å². The van der Waals surface area contributed by atoms with Crippen LogP contribution >= 0.6 is 27.3 Å². The van der Waals surface area contributed by atoms with Crippen molar-refractivity contribution in [2.75, 3.05) is 4.90 Å². The fourth-order valence-electron chi connectivity index (χ4n) is 2.09. The second-order valence-electron chi connectivity index (χ2n) is 4.21. The average Bonchev–Trinajstić information content (AvgIpc) is 2.87. The van der Waals surface area contributed by atoms with Gasteiger partial charge in [0.1, 0.15) is 11.6 Å². The Bertz CT molecular complexity index is 744. The summed E-state index contributed by atoms with van der Waals surface area (Å²) in [5, 5.41) is 0. The number of carbonyl (C=O) groups excluding carboxylic acids is 2. The van der Waals surface area contributed by atoms with Crippen LogP contribution < -0.4 is 4.90 Å². The van der Waals surface area contributed by atoms with Crippen molar-refractivity contribution in [1.29, 1.82) is 0 Å². The molecule has 0 aliphatic carbocycles. The highest BCUT2D eigenvalue weighted by Crippen LogP contribution is 2.34. The number of carbonyl (C=O) groups is 2. The summed E-state index contributed by atoms with van der Waals surface area (Å²) in [5.41, 5.74) is -0.367. The van der Waals surface area contributed by atoms with Gasteiger partial charge in [-0.2, -0.15) is 0 Å². The zero-order chi connectivity index (χ0) is 14.4. The maximum atomic E-state index is 13.6. The molecular formula is C13H6BrF2NO2S. The molecule has 3 nitrogen and oxygen atoms in total. The molecule has 2 aromatic rings. The fraction of sp³-hybridized carbons (Fsp3) is 0.0769. The standard InChI is InChI=1S/C13H6BrF2NO2S/c14-10-2-1-7(20-10)5-17-9-4-6(15)3-8(16)11(9)12(18)13(17)19/h1-4H,5H2. The van der Waals surface area contributed by atoms with Crippen LogP contribution in [0.1, 0.15) is 15.2 Å². The van der Waals surface area contributed by atoms with Crippen molar-refractivity contribution in [3.63, 3.8) is 0 Å². The largest absolute Gasteiger partial charge is 0.299 e. The van der Waals surface area contributed by atoms with Crippen molar-refractivity contribution in [2.45, 2.75) is 6.54 Å². The summed E-state index contributed by atoms with van der Waals surface area (Å²) in [4.78, 5) is 25.6. The quantitative estimate of drug-likeness (QED) is 0.771. The molecule has 7 heteroatoms. The molecule has 20 heavy (non-hydrogen) atoms. The van der Waals surface area contributed by atoms with Crippen LogP contribution in [0.4, 0.5) is 14.5 Å². The Balaban J connectivity index is 2.06. The number of halogens is 3. The zero-order valence-electron chi connectivity index (χ0n) is 9.82. The SMILES string of the molecule is O=C1C(=O)N(Cc2ccc(Br)s2)c2cc(F)cc(F)c21. The fourth-order valence-corrected chi connectivity index (χ4v) is 3.56. The Morgan fingerprint density at radius 3 is 2.60 bits per heavy atom. The van der Waals surface area contributed by atoms with E-state index < -0.39 is 23.3 Å². The third-order valence-corrected chi connectivity index (χ3v) is 4.54. The van der Waals surface area contributed by atoms with Crippen LogP contribution in [-0.2, 0) is 11.3 Å². The molecule has 0 bridgehead atoms. The van der Waals surface area contributed by atoms with Gasteiger partial charge in [0.05, 0.1) is 21.6 Å². The number of Topliss-reactive ketones (excluding diaryl/α,β-unsaturated/α-hetero) is 1. The van der Waals surface area contributed by atoms with E-state index in [2.05, 4.69) is 15.9 Å². The van der Waals surface area contributed by atoms with Gasteiger partial charge >= 0.3 is 0 Å². The second-order valence-corrected chi connectivity index (χ2v) is 6.76. The van der Waals surface area contributed by atoms with E-state index in [0.29, 0.717) is 6.07 Å². The summed E-state index contributed by atoms with van der Waals surface area (Å²) < 4.78 is 27.8. The zero-order valence-corrected chi connectivity index (χ0v) is 12.2. The lowest BCUT2D eigenvalue weighted by Gasteiger charge is -2.15. The van der Waals surface area contributed by atoms with Gasteiger partial charge in [-0.3, -0.25) is 14.5 Å². The van der Waals surface area contributed by atoms with Gasteiger partial charge in [0, 0.05) is 10.9 Å². The van der Waals surface area contributed by atoms with E-state index in [4.69, 9.17) is 0 Å². The van der Waals surface area contributed by atoms with Crippen molar-refractivity contribution in [3.05, 3.63) is 50.1 Å². The smallest absolute Gasteiger partial charge is 0.299 e. The summed E-state index contributed by atoms with van der Waals surface area (Å²) >= 11 is 4.68. The van der Waals surface area contributed by atoms with E-state index in [1.54, 1.807) is 12.1 Å². The van der Waals surface area contributed by atoms with Crippen molar-refractivity contribution in [1.82, 2.24) is 0 Å². The molecule has 0 N–H and O–H groups in total. The normalized spacial score (nSPS) is 14.1. The number of fused-ring (bicyclic) bond motifs is 1. The van der Waals surface area contributed by atoms with Crippen LogP contribution in [0.3, 0.4) is 0 Å². The highest BCUT2D eigenvalue weighted by Gasteiger charge is 2.38. The summed E-state index contributed by atoms with van der Waals surface area (Å²) in [7, 11) is 0. The minimum absolute atomic E-state index is 0.0120. The van der Waals surface area contributed by atoms with Gasteiger partial charge in [-0.15, -0.1) is 11.3 Å². The molecule has 3 rings (SSSR count). The first-order valence-corrected chi connectivity index (χ1v) is 7.18. The van der Waals surface area contributed by atoms with Crippen LogP contribution in [0.25, 0.3) is 0 Å². The van der Waals surface area contributed by atoms with Crippen molar-refractivity contribution < 1.29 is 18.4 Å². The predicted molar refractivity (Wildman–Crippen MR) is 73.9 cm³/mol. The lowest BCUT2D eigenvalue weighted by Crippen LogP contribution is -2.28. The molecular weight excluding hydrogens is 352 g/mol. The monoisotopic (exact) mass is 357 g/mol. The minimum atomic E-state index is -1.01. The first-order chi connectivity index (χ1) is 9.47. The first-order valence-electron chi connectivity index (χ1n) is 5.57. The molecule has 2 heterocycles. The number of thiophene rings is 1. The van der Waals surface area contributed by atoms with E-state index in [1.165, 1.54) is 11.3 Å². The Kier molecular flexibility index (Phi) is 3.18. The summed E-state index contributed by atoms with van der Waals surface area (Å²) in [5.74, 6) is -3.60. The van der Waals surface area contributed by atoms with Crippen molar-refractivity contribution in [3.8, 4) is 0 Å². The van der Waals surface area contributed by atoms with Gasteiger partial charge in [-0.1, -0.05) is 0 Å². The third-order valence-electron chi connectivity index (χ3n) is 2.93. The Hall–Kier alpha value is -1.60. The molecule has 1 aromatic heterocycles.